The molecule has 128 valence electrons. The molecular formula is C18H23N3O3. The van der Waals surface area contributed by atoms with E-state index >= 15 is 0 Å². The minimum Gasteiger partial charge on any atom is -0.396 e. The summed E-state index contributed by atoms with van der Waals surface area (Å²) in [5.41, 5.74) is 3.73. The number of aromatic nitrogens is 1. The van der Waals surface area contributed by atoms with Crippen LogP contribution < -0.4 is 10.7 Å². The number of nitrogens with zero attached hydrogens (tertiary/aromatic N) is 1. The predicted molar refractivity (Wildman–Crippen MR) is 93.0 cm³/mol. The Bertz CT molecular complexity index is 828. The molecule has 1 amide bonds. The number of aliphatic hydroxyl groups excluding tert-OH is 1. The molecule has 0 bridgehead atoms. The summed E-state index contributed by atoms with van der Waals surface area (Å²) >= 11 is 0. The van der Waals surface area contributed by atoms with Gasteiger partial charge in [0.25, 0.3) is 0 Å². The summed E-state index contributed by atoms with van der Waals surface area (Å²) in [4.78, 5) is 29.8. The summed E-state index contributed by atoms with van der Waals surface area (Å²) < 4.78 is 0. The van der Waals surface area contributed by atoms with Gasteiger partial charge in [-0.1, -0.05) is 6.07 Å². The quantitative estimate of drug-likeness (QED) is 0.775. The fourth-order valence-corrected chi connectivity index (χ4v) is 3.45. The third kappa shape index (κ3) is 3.20. The maximum absolute atomic E-state index is 12.5. The van der Waals surface area contributed by atoms with Crippen LogP contribution in [-0.2, 0) is 11.3 Å². The molecule has 1 aromatic carbocycles. The van der Waals surface area contributed by atoms with Crippen LogP contribution in [0.25, 0.3) is 10.9 Å². The molecule has 2 aromatic rings. The summed E-state index contributed by atoms with van der Waals surface area (Å²) in [5, 5.41) is 12.7. The van der Waals surface area contributed by atoms with Gasteiger partial charge in [0.05, 0.1) is 11.6 Å². The summed E-state index contributed by atoms with van der Waals surface area (Å²) in [5.74, 6) is -0.0646. The Balaban J connectivity index is 1.95. The number of rotatable bonds is 4. The monoisotopic (exact) mass is 329 g/mol. The van der Waals surface area contributed by atoms with Crippen LogP contribution in [-0.4, -0.2) is 46.6 Å². The number of aryl methyl sites for hydroxylation is 2. The Kier molecular flexibility index (Phi) is 4.69. The van der Waals surface area contributed by atoms with Crippen molar-refractivity contribution in [3.05, 3.63) is 45.2 Å². The van der Waals surface area contributed by atoms with Crippen molar-refractivity contribution in [2.24, 2.45) is 0 Å². The number of amides is 1. The van der Waals surface area contributed by atoms with Gasteiger partial charge in [-0.05, 0) is 37.5 Å². The molecule has 1 unspecified atom stereocenters. The highest BCUT2D eigenvalue weighted by Crippen LogP contribution is 2.18. The van der Waals surface area contributed by atoms with Gasteiger partial charge in [0.2, 0.25) is 5.91 Å². The number of carbonyl (C=O) groups excluding carboxylic acids is 1. The van der Waals surface area contributed by atoms with E-state index in [1.165, 1.54) is 0 Å². The molecule has 1 aliphatic rings. The second kappa shape index (κ2) is 6.75. The Labute approximate surface area is 140 Å². The number of hydrogen-bond acceptors (Lipinski definition) is 4. The van der Waals surface area contributed by atoms with Crippen LogP contribution in [0.5, 0.6) is 0 Å². The molecule has 3 rings (SSSR count). The predicted octanol–water partition coefficient (Wildman–Crippen LogP) is 0.828. The molecule has 0 radical (unpaired) electrons. The first-order valence-electron chi connectivity index (χ1n) is 8.25. The van der Waals surface area contributed by atoms with Crippen LogP contribution in [0.1, 0.15) is 23.2 Å². The van der Waals surface area contributed by atoms with Gasteiger partial charge in [-0.2, -0.15) is 0 Å². The number of aliphatic hydroxyl groups is 1. The largest absolute Gasteiger partial charge is 0.396 e. The van der Waals surface area contributed by atoms with Gasteiger partial charge < -0.3 is 15.4 Å². The number of H-pyrrole nitrogens is 1. The third-order valence-corrected chi connectivity index (χ3v) is 4.55. The number of aromatic amines is 1. The van der Waals surface area contributed by atoms with Gasteiger partial charge in [-0.15, -0.1) is 0 Å². The summed E-state index contributed by atoms with van der Waals surface area (Å²) in [6.07, 6.45) is 0.391. The van der Waals surface area contributed by atoms with Gasteiger partial charge in [0.15, 0.2) is 5.43 Å². The molecule has 1 fully saturated rings. The van der Waals surface area contributed by atoms with Gasteiger partial charge >= 0.3 is 0 Å². The number of piperazine rings is 1. The first-order valence-corrected chi connectivity index (χ1v) is 8.25. The van der Waals surface area contributed by atoms with E-state index in [0.717, 1.165) is 22.3 Å². The van der Waals surface area contributed by atoms with Gasteiger partial charge in [-0.3, -0.25) is 14.5 Å². The first-order chi connectivity index (χ1) is 11.5. The van der Waals surface area contributed by atoms with E-state index in [2.05, 4.69) is 10.3 Å². The summed E-state index contributed by atoms with van der Waals surface area (Å²) in [7, 11) is 0. The lowest BCUT2D eigenvalue weighted by Crippen LogP contribution is -2.55. The molecule has 6 heteroatoms. The Morgan fingerprint density at radius 3 is 2.79 bits per heavy atom. The molecule has 0 spiro atoms. The number of carbonyl (C=O) groups is 1. The van der Waals surface area contributed by atoms with Crippen LogP contribution in [0.15, 0.2) is 23.0 Å². The average molecular weight is 329 g/mol. The van der Waals surface area contributed by atoms with Crippen molar-refractivity contribution >= 4 is 16.8 Å². The van der Waals surface area contributed by atoms with Crippen molar-refractivity contribution in [2.75, 3.05) is 19.7 Å². The molecule has 1 atom stereocenters. The Hall–Kier alpha value is -2.18. The van der Waals surface area contributed by atoms with Crippen LogP contribution in [0.2, 0.25) is 0 Å². The zero-order chi connectivity index (χ0) is 17.3. The zero-order valence-electron chi connectivity index (χ0n) is 14.1. The molecule has 0 aliphatic carbocycles. The second-order valence-electron chi connectivity index (χ2n) is 6.45. The SMILES string of the molecule is Cc1cc(C)c2[nH]c(CN3CCNC(=O)C3CCO)cc(=O)c2c1. The normalized spacial score (nSPS) is 18.8. The minimum absolute atomic E-state index is 0.00859. The van der Waals surface area contributed by atoms with Crippen molar-refractivity contribution in [3.8, 4) is 0 Å². The maximum atomic E-state index is 12.5. The molecular weight excluding hydrogens is 306 g/mol. The van der Waals surface area contributed by atoms with E-state index in [1.807, 2.05) is 30.9 Å². The summed E-state index contributed by atoms with van der Waals surface area (Å²) in [6.45, 7) is 5.68. The number of benzene rings is 1. The van der Waals surface area contributed by atoms with E-state index < -0.39 is 0 Å². The van der Waals surface area contributed by atoms with E-state index in [1.54, 1.807) is 6.07 Å². The smallest absolute Gasteiger partial charge is 0.237 e. The van der Waals surface area contributed by atoms with Crippen LogP contribution in [0.4, 0.5) is 0 Å². The van der Waals surface area contributed by atoms with Gasteiger partial charge in [0.1, 0.15) is 0 Å². The molecule has 6 nitrogen and oxygen atoms in total. The number of pyridine rings is 1. The van der Waals surface area contributed by atoms with Gasteiger partial charge in [0, 0.05) is 43.4 Å². The van der Waals surface area contributed by atoms with Crippen molar-refractivity contribution in [3.63, 3.8) is 0 Å². The van der Waals surface area contributed by atoms with Crippen molar-refractivity contribution in [2.45, 2.75) is 32.9 Å². The second-order valence-corrected chi connectivity index (χ2v) is 6.45. The van der Waals surface area contributed by atoms with E-state index in [4.69, 9.17) is 0 Å². The highest BCUT2D eigenvalue weighted by molar-refractivity contribution is 5.83. The zero-order valence-corrected chi connectivity index (χ0v) is 14.1. The van der Waals surface area contributed by atoms with E-state index in [-0.39, 0.29) is 24.0 Å². The topological polar surface area (TPSA) is 85.4 Å². The van der Waals surface area contributed by atoms with Crippen LogP contribution in [0.3, 0.4) is 0 Å². The first kappa shape index (κ1) is 16.7. The lowest BCUT2D eigenvalue weighted by atomic mass is 10.1. The van der Waals surface area contributed by atoms with Gasteiger partial charge in [-0.25, -0.2) is 0 Å². The number of nitrogens with one attached hydrogen (secondary N) is 2. The molecule has 2 heterocycles. The van der Waals surface area contributed by atoms with E-state index in [0.29, 0.717) is 31.4 Å². The molecule has 1 saturated heterocycles. The highest BCUT2D eigenvalue weighted by atomic mass is 16.3. The van der Waals surface area contributed by atoms with Crippen molar-refractivity contribution < 1.29 is 9.90 Å². The van der Waals surface area contributed by atoms with Crippen LogP contribution >= 0.6 is 0 Å². The molecule has 1 aromatic heterocycles. The fraction of sp³-hybridized carbons (Fsp3) is 0.444. The Morgan fingerprint density at radius 2 is 2.04 bits per heavy atom. The molecule has 0 saturated carbocycles. The molecule has 3 N–H and O–H groups in total. The maximum Gasteiger partial charge on any atom is 0.237 e. The lowest BCUT2D eigenvalue weighted by Gasteiger charge is -2.34. The number of fused-ring (bicyclic) bond motifs is 1. The van der Waals surface area contributed by atoms with E-state index in [9.17, 15) is 14.7 Å². The lowest BCUT2D eigenvalue weighted by molar-refractivity contribution is -0.130. The number of hydrogen-bond donors (Lipinski definition) is 3. The van der Waals surface area contributed by atoms with Crippen LogP contribution in [0, 0.1) is 13.8 Å². The standard InChI is InChI=1S/C18H23N3O3/c1-11-7-12(2)17-14(8-11)16(23)9-13(20-17)10-21-5-4-19-18(24)15(21)3-6-22/h7-9,15,22H,3-6,10H2,1-2H3,(H,19,24)(H,20,23). The highest BCUT2D eigenvalue weighted by Gasteiger charge is 2.29. The fourth-order valence-electron chi connectivity index (χ4n) is 3.45. The molecule has 1 aliphatic heterocycles. The van der Waals surface area contributed by atoms with Crippen molar-refractivity contribution in [1.82, 2.24) is 15.2 Å². The minimum atomic E-state index is -0.359. The average Bonchev–Trinajstić information content (AvgIpc) is 2.52. The summed E-state index contributed by atoms with van der Waals surface area (Å²) in [6, 6.07) is 5.20. The third-order valence-electron chi connectivity index (χ3n) is 4.55. The Morgan fingerprint density at radius 1 is 1.25 bits per heavy atom. The molecule has 24 heavy (non-hydrogen) atoms. The van der Waals surface area contributed by atoms with Crippen molar-refractivity contribution in [1.29, 1.82) is 0 Å².